The molecule has 0 bridgehead atoms. The Kier molecular flexibility index (Phi) is 2.69. The number of likely N-dealkylation sites (tertiary alicyclic amines) is 1. The minimum atomic E-state index is -0.206. The molecule has 1 saturated heterocycles. The van der Waals surface area contributed by atoms with Gasteiger partial charge in [-0.05, 0) is 18.8 Å². The van der Waals surface area contributed by atoms with Crippen molar-refractivity contribution in [3.8, 4) is 0 Å². The van der Waals surface area contributed by atoms with Gasteiger partial charge in [-0.1, -0.05) is 13.8 Å². The molecule has 1 aliphatic rings. The summed E-state index contributed by atoms with van der Waals surface area (Å²) in [5.41, 5.74) is 0. The SMILES string of the molecule is CC(C)C(O)N1CCCC1. The summed E-state index contributed by atoms with van der Waals surface area (Å²) in [5, 5.41) is 9.55. The van der Waals surface area contributed by atoms with E-state index in [4.69, 9.17) is 0 Å². The van der Waals surface area contributed by atoms with Gasteiger partial charge in [0.15, 0.2) is 0 Å². The summed E-state index contributed by atoms with van der Waals surface area (Å²) in [6, 6.07) is 0. The van der Waals surface area contributed by atoms with E-state index in [1.165, 1.54) is 12.8 Å². The van der Waals surface area contributed by atoms with Gasteiger partial charge < -0.3 is 5.11 Å². The van der Waals surface area contributed by atoms with Crippen LogP contribution in [-0.4, -0.2) is 29.3 Å². The topological polar surface area (TPSA) is 23.5 Å². The van der Waals surface area contributed by atoms with Gasteiger partial charge >= 0.3 is 0 Å². The Labute approximate surface area is 62.8 Å². The van der Waals surface area contributed by atoms with E-state index in [1.54, 1.807) is 0 Å². The van der Waals surface area contributed by atoms with Gasteiger partial charge in [0, 0.05) is 13.1 Å². The molecule has 1 N–H and O–H groups in total. The van der Waals surface area contributed by atoms with Gasteiger partial charge in [0.05, 0.1) is 0 Å². The van der Waals surface area contributed by atoms with Crippen molar-refractivity contribution in [3.05, 3.63) is 0 Å². The molecule has 1 atom stereocenters. The van der Waals surface area contributed by atoms with E-state index in [2.05, 4.69) is 18.7 Å². The fourth-order valence-corrected chi connectivity index (χ4v) is 1.43. The molecule has 0 radical (unpaired) electrons. The van der Waals surface area contributed by atoms with Crippen LogP contribution in [0.1, 0.15) is 26.7 Å². The third-order valence-corrected chi connectivity index (χ3v) is 2.11. The Morgan fingerprint density at radius 1 is 1.20 bits per heavy atom. The summed E-state index contributed by atoms with van der Waals surface area (Å²) in [5.74, 6) is 0.373. The predicted octanol–water partition coefficient (Wildman–Crippen LogP) is 1.06. The lowest BCUT2D eigenvalue weighted by Gasteiger charge is -2.25. The van der Waals surface area contributed by atoms with Gasteiger partial charge in [-0.25, -0.2) is 0 Å². The Bertz CT molecular complexity index is 97.4. The Hall–Kier alpha value is -0.0800. The Morgan fingerprint density at radius 3 is 2.10 bits per heavy atom. The van der Waals surface area contributed by atoms with E-state index < -0.39 is 0 Å². The van der Waals surface area contributed by atoms with Gasteiger partial charge in [0.2, 0.25) is 0 Å². The monoisotopic (exact) mass is 143 g/mol. The van der Waals surface area contributed by atoms with Crippen LogP contribution in [0.25, 0.3) is 0 Å². The Morgan fingerprint density at radius 2 is 1.70 bits per heavy atom. The van der Waals surface area contributed by atoms with Gasteiger partial charge in [-0.15, -0.1) is 0 Å². The minimum absolute atomic E-state index is 0.206. The number of aliphatic hydroxyl groups is 1. The molecular formula is C8H17NO. The standard InChI is InChI=1S/C8H17NO/c1-7(2)8(10)9-5-3-4-6-9/h7-8,10H,3-6H2,1-2H3. The second kappa shape index (κ2) is 3.35. The molecule has 0 aromatic rings. The van der Waals surface area contributed by atoms with Crippen LogP contribution in [0.2, 0.25) is 0 Å². The zero-order chi connectivity index (χ0) is 7.56. The lowest BCUT2D eigenvalue weighted by molar-refractivity contribution is -0.0151. The number of hydrogen-bond acceptors (Lipinski definition) is 2. The average molecular weight is 143 g/mol. The van der Waals surface area contributed by atoms with Gasteiger partial charge in [0.25, 0.3) is 0 Å². The highest BCUT2D eigenvalue weighted by Gasteiger charge is 2.21. The average Bonchev–Trinajstić information content (AvgIpc) is 2.36. The van der Waals surface area contributed by atoms with Crippen LogP contribution < -0.4 is 0 Å². The van der Waals surface area contributed by atoms with Crippen LogP contribution in [0.4, 0.5) is 0 Å². The predicted molar refractivity (Wildman–Crippen MR) is 41.7 cm³/mol. The molecule has 60 valence electrons. The van der Waals surface area contributed by atoms with Crippen molar-refractivity contribution >= 4 is 0 Å². The molecule has 1 unspecified atom stereocenters. The van der Waals surface area contributed by atoms with Crippen LogP contribution in [0.3, 0.4) is 0 Å². The first kappa shape index (κ1) is 8.02. The highest BCUT2D eigenvalue weighted by atomic mass is 16.3. The van der Waals surface area contributed by atoms with Crippen LogP contribution in [0.5, 0.6) is 0 Å². The number of aliphatic hydroxyl groups excluding tert-OH is 1. The first-order valence-electron chi connectivity index (χ1n) is 4.14. The molecule has 1 rings (SSSR count). The maximum atomic E-state index is 9.55. The summed E-state index contributed by atoms with van der Waals surface area (Å²) in [6.07, 6.45) is 2.30. The van der Waals surface area contributed by atoms with E-state index in [1.807, 2.05) is 0 Å². The first-order valence-corrected chi connectivity index (χ1v) is 4.14. The van der Waals surface area contributed by atoms with Crippen LogP contribution in [-0.2, 0) is 0 Å². The molecule has 0 saturated carbocycles. The van der Waals surface area contributed by atoms with Crippen LogP contribution in [0.15, 0.2) is 0 Å². The highest BCUT2D eigenvalue weighted by molar-refractivity contribution is 4.70. The number of nitrogens with zero attached hydrogens (tertiary/aromatic N) is 1. The maximum absolute atomic E-state index is 9.55. The molecule has 0 aliphatic carbocycles. The molecule has 10 heavy (non-hydrogen) atoms. The summed E-state index contributed by atoms with van der Waals surface area (Å²) in [7, 11) is 0. The summed E-state index contributed by atoms with van der Waals surface area (Å²) < 4.78 is 0. The quantitative estimate of drug-likeness (QED) is 0.624. The molecule has 0 spiro atoms. The summed E-state index contributed by atoms with van der Waals surface area (Å²) >= 11 is 0. The molecular weight excluding hydrogens is 126 g/mol. The van der Waals surface area contributed by atoms with E-state index in [0.717, 1.165) is 13.1 Å². The molecule has 1 aliphatic heterocycles. The van der Waals surface area contributed by atoms with E-state index >= 15 is 0 Å². The fraction of sp³-hybridized carbons (Fsp3) is 1.00. The van der Waals surface area contributed by atoms with Crippen molar-refractivity contribution in [1.29, 1.82) is 0 Å². The van der Waals surface area contributed by atoms with Crippen molar-refractivity contribution in [2.24, 2.45) is 5.92 Å². The van der Waals surface area contributed by atoms with E-state index in [-0.39, 0.29) is 6.23 Å². The molecule has 0 amide bonds. The zero-order valence-electron chi connectivity index (χ0n) is 6.88. The fourth-order valence-electron chi connectivity index (χ4n) is 1.43. The maximum Gasteiger partial charge on any atom is 0.109 e. The molecule has 0 aromatic heterocycles. The lowest BCUT2D eigenvalue weighted by atomic mass is 10.2. The lowest BCUT2D eigenvalue weighted by Crippen LogP contribution is -2.36. The van der Waals surface area contributed by atoms with Crippen LogP contribution >= 0.6 is 0 Å². The van der Waals surface area contributed by atoms with Gasteiger partial charge in [0.1, 0.15) is 6.23 Å². The van der Waals surface area contributed by atoms with Crippen molar-refractivity contribution in [2.45, 2.75) is 32.9 Å². The molecule has 1 heterocycles. The van der Waals surface area contributed by atoms with Crippen molar-refractivity contribution < 1.29 is 5.11 Å². The highest BCUT2D eigenvalue weighted by Crippen LogP contribution is 2.14. The largest absolute Gasteiger partial charge is 0.378 e. The normalized spacial score (nSPS) is 24.0. The van der Waals surface area contributed by atoms with Crippen LogP contribution in [0, 0.1) is 5.92 Å². The second-order valence-corrected chi connectivity index (χ2v) is 3.40. The molecule has 1 fully saturated rings. The van der Waals surface area contributed by atoms with Gasteiger partial charge in [-0.2, -0.15) is 0 Å². The minimum Gasteiger partial charge on any atom is -0.378 e. The van der Waals surface area contributed by atoms with Crippen molar-refractivity contribution in [2.75, 3.05) is 13.1 Å². The number of rotatable bonds is 2. The molecule has 2 nitrogen and oxygen atoms in total. The first-order chi connectivity index (χ1) is 4.72. The summed E-state index contributed by atoms with van der Waals surface area (Å²) in [6.45, 7) is 6.28. The smallest absolute Gasteiger partial charge is 0.109 e. The summed E-state index contributed by atoms with van der Waals surface area (Å²) in [4.78, 5) is 2.16. The van der Waals surface area contributed by atoms with E-state index in [0.29, 0.717) is 5.92 Å². The molecule has 0 aromatic carbocycles. The Balaban J connectivity index is 2.32. The zero-order valence-corrected chi connectivity index (χ0v) is 6.88. The second-order valence-electron chi connectivity index (χ2n) is 3.40. The van der Waals surface area contributed by atoms with Crippen molar-refractivity contribution in [3.63, 3.8) is 0 Å². The van der Waals surface area contributed by atoms with E-state index in [9.17, 15) is 5.11 Å². The molecule has 2 heteroatoms. The van der Waals surface area contributed by atoms with Gasteiger partial charge in [-0.3, -0.25) is 4.90 Å². The number of hydrogen-bond donors (Lipinski definition) is 1. The third-order valence-electron chi connectivity index (χ3n) is 2.11. The van der Waals surface area contributed by atoms with Crippen molar-refractivity contribution in [1.82, 2.24) is 4.90 Å². The third kappa shape index (κ3) is 1.70.